The lowest BCUT2D eigenvalue weighted by molar-refractivity contribution is -0.157. The van der Waals surface area contributed by atoms with Crippen LogP contribution in [0.25, 0.3) is 0 Å². The number of thiophene rings is 2. The summed E-state index contributed by atoms with van der Waals surface area (Å²) in [7, 11) is -15.8. The molecule has 0 fully saturated rings. The van der Waals surface area contributed by atoms with E-state index in [1.807, 2.05) is 11.6 Å². The Bertz CT molecular complexity index is 2520. The van der Waals surface area contributed by atoms with Crippen LogP contribution in [0.15, 0.2) is 29.0 Å². The second-order valence-corrected chi connectivity index (χ2v) is 25.3. The average molecular weight is 1020 g/mol. The molecule has 28 heteroatoms. The van der Waals surface area contributed by atoms with E-state index in [9.17, 15) is 62.4 Å². The van der Waals surface area contributed by atoms with Crippen LogP contribution in [0.3, 0.4) is 0 Å². The van der Waals surface area contributed by atoms with Crippen molar-refractivity contribution in [2.75, 3.05) is 39.5 Å². The van der Waals surface area contributed by atoms with Gasteiger partial charge in [0.1, 0.15) is 16.8 Å². The lowest BCUT2D eigenvalue weighted by Gasteiger charge is -2.36. The maximum Gasteiger partial charge on any atom is 0.344 e. The van der Waals surface area contributed by atoms with Gasteiger partial charge in [-0.25, -0.2) is 53.1 Å². The molecule has 0 unspecified atom stereocenters. The fourth-order valence-corrected chi connectivity index (χ4v) is 15.8. The van der Waals surface area contributed by atoms with E-state index in [-0.39, 0.29) is 82.0 Å². The molecule has 4 N–H and O–H groups in total. The normalized spacial score (nSPS) is 19.6. The van der Waals surface area contributed by atoms with Gasteiger partial charge in [0, 0.05) is 50.4 Å². The Balaban J connectivity index is 0.000000473. The molecular formula is C36H52N4O18S6. The molecule has 0 aliphatic carbocycles. The zero-order valence-corrected chi connectivity index (χ0v) is 40.7. The fourth-order valence-electron chi connectivity index (χ4n) is 6.38. The van der Waals surface area contributed by atoms with Crippen LogP contribution in [0.4, 0.5) is 0 Å². The van der Waals surface area contributed by atoms with E-state index in [2.05, 4.69) is 14.8 Å². The number of amides is 2. The Morgan fingerprint density at radius 1 is 0.750 bits per heavy atom. The van der Waals surface area contributed by atoms with Crippen LogP contribution in [0, 0.1) is 0 Å². The van der Waals surface area contributed by atoms with E-state index in [1.165, 1.54) is 17.9 Å². The van der Waals surface area contributed by atoms with E-state index in [0.717, 1.165) is 31.3 Å². The van der Waals surface area contributed by atoms with E-state index in [4.69, 9.17) is 14.6 Å². The van der Waals surface area contributed by atoms with Crippen molar-refractivity contribution in [3.05, 3.63) is 23.3 Å². The first kappa shape index (κ1) is 54.3. The van der Waals surface area contributed by atoms with Crippen LogP contribution in [0.1, 0.15) is 103 Å². The fraction of sp³-hybridized carbons (Fsp3) is 0.611. The van der Waals surface area contributed by atoms with Crippen LogP contribution >= 0.6 is 22.7 Å². The van der Waals surface area contributed by atoms with Gasteiger partial charge >= 0.3 is 23.9 Å². The lowest BCUT2D eigenvalue weighted by Crippen LogP contribution is -2.40. The van der Waals surface area contributed by atoms with Gasteiger partial charge < -0.3 is 29.2 Å². The van der Waals surface area contributed by atoms with Crippen molar-refractivity contribution in [3.8, 4) is 0 Å². The summed E-state index contributed by atoms with van der Waals surface area (Å²) in [6, 6.07) is 1.60. The minimum Gasteiger partial charge on any atom is -0.463 e. The number of sulfonamides is 2. The molecule has 2 aromatic heterocycles. The molecule has 2 aromatic rings. The van der Waals surface area contributed by atoms with Gasteiger partial charge in [-0.2, -0.15) is 0 Å². The van der Waals surface area contributed by atoms with Crippen molar-refractivity contribution in [3.63, 3.8) is 0 Å². The number of rotatable bonds is 19. The maximum absolute atomic E-state index is 13.2. The number of fused-ring (bicyclic) bond motifs is 2. The number of carbonyl (C=O) groups excluding carboxylic acids is 6. The molecule has 4 heterocycles. The van der Waals surface area contributed by atoms with Crippen LogP contribution < -0.4 is 15.2 Å². The average Bonchev–Trinajstić information content (AvgIpc) is 3.87. The van der Waals surface area contributed by atoms with Gasteiger partial charge in [0.15, 0.2) is 32.9 Å². The largest absolute Gasteiger partial charge is 0.463 e. The second-order valence-electron chi connectivity index (χ2n) is 14.4. The Morgan fingerprint density at radius 2 is 1.23 bits per heavy atom. The van der Waals surface area contributed by atoms with Gasteiger partial charge in [0.25, 0.3) is 10.0 Å². The maximum atomic E-state index is 13.2. The molecule has 360 valence electrons. The van der Waals surface area contributed by atoms with E-state index in [1.54, 1.807) is 13.8 Å². The number of carbonyl (C=O) groups is 6. The smallest absolute Gasteiger partial charge is 0.344 e. The van der Waals surface area contributed by atoms with Gasteiger partial charge in [0.2, 0.25) is 21.8 Å². The predicted molar refractivity (Wildman–Crippen MR) is 228 cm³/mol. The molecule has 22 nitrogen and oxygen atoms in total. The molecule has 0 saturated carbocycles. The Kier molecular flexibility index (Phi) is 19.4. The quantitative estimate of drug-likeness (QED) is 0.102. The van der Waals surface area contributed by atoms with Gasteiger partial charge in [-0.1, -0.05) is 6.92 Å². The molecule has 0 bridgehead atoms. The third-order valence-corrected chi connectivity index (χ3v) is 20.6. The van der Waals surface area contributed by atoms with Crippen molar-refractivity contribution in [2.45, 2.75) is 119 Å². The first-order chi connectivity index (χ1) is 29.7. The van der Waals surface area contributed by atoms with Crippen LogP contribution in [-0.2, 0) is 87.4 Å². The van der Waals surface area contributed by atoms with E-state index in [0.29, 0.717) is 29.9 Å². The minimum absolute atomic E-state index is 0.00500. The summed E-state index contributed by atoms with van der Waals surface area (Å²) in [6.45, 7) is 8.27. The zero-order chi connectivity index (χ0) is 48.4. The number of nitrogens with two attached hydrogens (primary N) is 1. The summed E-state index contributed by atoms with van der Waals surface area (Å²) in [4.78, 5) is 71.4. The van der Waals surface area contributed by atoms with Crippen LogP contribution in [0.2, 0.25) is 0 Å². The highest BCUT2D eigenvalue weighted by atomic mass is 32.3. The SMILES string of the molecule is CCN(C(=O)CCCOC(=O)COC(C)=O)[C@H]1C[C@H](C)S(=O)(=O)c2sc(S(=O)(=O)NC(=O)CCCOC(=O)COC(C)=O)cc21.CCN[C@H]1C[C@H](C)S(=O)(=O)c2sc(S(N)(=O)=O)cc21. The predicted octanol–water partition coefficient (Wildman–Crippen LogP) is 1.39. The summed E-state index contributed by atoms with van der Waals surface area (Å²) in [6.07, 6.45) is 0.123. The standard InChI is InChI=1S/C26H36N2O14S3.C10H16N2O4S3/c1-5-28(22(32)9-7-11-40-24(34)15-42-18(4)30)20-12-16(2)44(35,36)26-19(20)13-25(43-26)45(37,38)27-21(31)8-6-10-39-23(33)14-41-17(3)29;1-3-12-8-4-6(2)18(13,14)10-7(8)5-9(17-10)19(11,15)16/h13,16,20H,5-12,14-15H2,1-4H3,(H,27,31);5-6,8,12H,3-4H2,1-2H3,(H2,11,15,16)/t16-,20-;6-,8-/m00/s1. The molecule has 2 aliphatic rings. The van der Waals surface area contributed by atoms with E-state index >= 15 is 0 Å². The summed E-state index contributed by atoms with van der Waals surface area (Å²) in [5, 5.41) is 6.79. The molecular weight excluding hydrogens is 969 g/mol. The number of sulfone groups is 2. The van der Waals surface area contributed by atoms with Gasteiger partial charge in [-0.15, -0.1) is 22.7 Å². The molecule has 2 aliphatic heterocycles. The number of primary sulfonamides is 1. The number of esters is 4. The Labute approximate surface area is 379 Å². The highest BCUT2D eigenvalue weighted by Crippen LogP contribution is 2.46. The number of nitrogens with one attached hydrogen (secondary N) is 2. The number of ether oxygens (including phenoxy) is 4. The van der Waals surface area contributed by atoms with Crippen molar-refractivity contribution in [2.24, 2.45) is 5.14 Å². The minimum atomic E-state index is -4.50. The number of nitrogens with zero attached hydrogens (tertiary/aromatic N) is 1. The topological polar surface area (TPSA) is 329 Å². The summed E-state index contributed by atoms with van der Waals surface area (Å²) in [5.41, 5.74) is 0.641. The molecule has 0 saturated heterocycles. The second kappa shape index (κ2) is 22.9. The zero-order valence-electron chi connectivity index (χ0n) is 35.8. The monoisotopic (exact) mass is 1020 g/mol. The highest BCUT2D eigenvalue weighted by molar-refractivity contribution is 7.96. The highest BCUT2D eigenvalue weighted by Gasteiger charge is 2.43. The first-order valence-corrected chi connectivity index (χ1v) is 27.4. The van der Waals surface area contributed by atoms with Crippen LogP contribution in [-0.4, -0.2) is 124 Å². The summed E-state index contributed by atoms with van der Waals surface area (Å²) in [5.74, 6) is -4.25. The van der Waals surface area contributed by atoms with Gasteiger partial charge in [-0.05, 0) is 65.1 Å². The Morgan fingerprint density at radius 3 is 1.73 bits per heavy atom. The van der Waals surface area contributed by atoms with Crippen molar-refractivity contribution in [1.82, 2.24) is 14.9 Å². The van der Waals surface area contributed by atoms with Crippen molar-refractivity contribution < 1.29 is 81.4 Å². The van der Waals surface area contributed by atoms with Crippen molar-refractivity contribution in [1.29, 1.82) is 0 Å². The third-order valence-electron chi connectivity index (χ3n) is 9.52. The molecule has 0 radical (unpaired) electrons. The third kappa shape index (κ3) is 14.5. The van der Waals surface area contributed by atoms with E-state index < -0.39 is 103 Å². The summed E-state index contributed by atoms with van der Waals surface area (Å²) < 4.78 is 120. The number of hydrogen-bond acceptors (Lipinski definition) is 21. The van der Waals surface area contributed by atoms with Gasteiger partial charge in [-0.3, -0.25) is 19.2 Å². The Hall–Kier alpha value is -4.06. The lowest BCUT2D eigenvalue weighted by atomic mass is 10.0. The molecule has 2 amide bonds. The molecule has 64 heavy (non-hydrogen) atoms. The van der Waals surface area contributed by atoms with Gasteiger partial charge in [0.05, 0.1) is 29.8 Å². The molecule has 0 aromatic carbocycles. The number of hydrogen-bond donors (Lipinski definition) is 3. The summed E-state index contributed by atoms with van der Waals surface area (Å²) >= 11 is 1.22. The first-order valence-electron chi connectivity index (χ1n) is 19.6. The molecule has 4 rings (SSSR count). The van der Waals surface area contributed by atoms with Crippen LogP contribution in [0.5, 0.6) is 0 Å². The van der Waals surface area contributed by atoms with Crippen molar-refractivity contribution >= 4 is 98.1 Å². The molecule has 4 atom stereocenters. The molecule has 0 spiro atoms.